The highest BCUT2D eigenvalue weighted by Crippen LogP contribution is 2.24. The molecule has 2 aromatic carbocycles. The van der Waals surface area contributed by atoms with E-state index in [-0.39, 0.29) is 21.9 Å². The van der Waals surface area contributed by atoms with Crippen LogP contribution in [-0.4, -0.2) is 14.1 Å². The molecule has 0 aromatic heterocycles. The number of hydrogen-bond acceptors (Lipinski definition) is 3. The quantitative estimate of drug-likeness (QED) is 0.756. The molecule has 0 saturated carbocycles. The Kier molecular flexibility index (Phi) is 5.11. The van der Waals surface area contributed by atoms with Crippen LogP contribution in [0.5, 0.6) is 0 Å². The lowest BCUT2D eigenvalue weighted by Gasteiger charge is -2.20. The second kappa shape index (κ2) is 7.32. The Hall–Kier alpha value is -2.63. The van der Waals surface area contributed by atoms with Crippen LogP contribution in [0.2, 0.25) is 5.02 Å². The van der Waals surface area contributed by atoms with Crippen molar-refractivity contribution in [2.45, 2.75) is 11.8 Å². The van der Waals surface area contributed by atoms with Gasteiger partial charge < -0.3 is 5.11 Å². The Labute approximate surface area is 157 Å². The van der Waals surface area contributed by atoms with E-state index in [1.54, 1.807) is 42.5 Å². The lowest BCUT2D eigenvalue weighted by molar-refractivity contribution is -0.244. The van der Waals surface area contributed by atoms with Crippen molar-refractivity contribution < 1.29 is 13.5 Å². The van der Waals surface area contributed by atoms with Gasteiger partial charge in [-0.2, -0.15) is 12.8 Å². The zero-order valence-electron chi connectivity index (χ0n) is 13.9. The molecule has 1 aliphatic carbocycles. The molecule has 0 N–H and O–H groups in total. The molecule has 0 atom stereocenters. The summed E-state index contributed by atoms with van der Waals surface area (Å²) in [7, 11) is -3.97. The topological polar surface area (TPSA) is 69.6 Å². The summed E-state index contributed by atoms with van der Waals surface area (Å²) < 4.78 is 29.1. The lowest BCUT2D eigenvalue weighted by atomic mass is 9.97. The maximum atomic E-state index is 12.8. The van der Waals surface area contributed by atoms with Crippen LogP contribution in [0.15, 0.2) is 93.3 Å². The number of benzene rings is 2. The third-order valence-electron chi connectivity index (χ3n) is 3.76. The highest BCUT2D eigenvalue weighted by atomic mass is 35.5. The third-order valence-corrected chi connectivity index (χ3v) is 5.32. The van der Waals surface area contributed by atoms with E-state index in [1.165, 1.54) is 24.3 Å². The van der Waals surface area contributed by atoms with Crippen molar-refractivity contribution in [3.63, 3.8) is 0 Å². The fraction of sp³-hybridized carbons (Fsp3) is 0.0500. The highest BCUT2D eigenvalue weighted by molar-refractivity contribution is 7.90. The van der Waals surface area contributed by atoms with E-state index >= 15 is 0 Å². The predicted molar refractivity (Wildman–Crippen MR) is 102 cm³/mol. The predicted octanol–water partition coefficient (Wildman–Crippen LogP) is 3.76. The average molecular weight is 385 g/mol. The van der Waals surface area contributed by atoms with Crippen molar-refractivity contribution in [3.8, 4) is 0 Å². The third kappa shape index (κ3) is 3.95. The molecule has 0 bridgehead atoms. The average Bonchev–Trinajstić information content (AvgIpc) is 2.63. The number of sulfonamides is 1. The maximum Gasteiger partial charge on any atom is 0.282 e. The maximum absolute atomic E-state index is 12.8. The SMILES string of the molecule is CC1=CC(=C([O-])c2ccccc2)C(=NS(=O)(=O)c2ccc(Cl)cc2)C=C1. The molecule has 0 fully saturated rings. The smallest absolute Gasteiger partial charge is 0.282 e. The Balaban J connectivity index is 2.11. The summed E-state index contributed by atoms with van der Waals surface area (Å²) in [6.45, 7) is 1.83. The summed E-state index contributed by atoms with van der Waals surface area (Å²) >= 11 is 5.80. The highest BCUT2D eigenvalue weighted by Gasteiger charge is 2.17. The van der Waals surface area contributed by atoms with Crippen LogP contribution in [0.4, 0.5) is 0 Å². The molecule has 2 aromatic rings. The van der Waals surface area contributed by atoms with E-state index in [1.807, 2.05) is 13.0 Å². The van der Waals surface area contributed by atoms with Crippen LogP contribution < -0.4 is 5.11 Å². The van der Waals surface area contributed by atoms with Gasteiger partial charge in [-0.25, -0.2) is 0 Å². The molecular formula is C20H15ClNO3S-. The Morgan fingerprint density at radius 3 is 2.31 bits per heavy atom. The van der Waals surface area contributed by atoms with Gasteiger partial charge in [-0.1, -0.05) is 65.4 Å². The second-order valence-corrected chi connectivity index (χ2v) is 7.78. The van der Waals surface area contributed by atoms with Crippen LogP contribution in [0.1, 0.15) is 12.5 Å². The monoisotopic (exact) mass is 384 g/mol. The molecule has 0 unspecified atom stereocenters. The van der Waals surface area contributed by atoms with Gasteiger partial charge in [-0.05, 0) is 48.4 Å². The molecule has 0 heterocycles. The molecule has 0 saturated heterocycles. The second-order valence-electron chi connectivity index (χ2n) is 5.74. The van der Waals surface area contributed by atoms with Gasteiger partial charge in [-0.15, -0.1) is 0 Å². The van der Waals surface area contributed by atoms with E-state index in [4.69, 9.17) is 11.6 Å². The van der Waals surface area contributed by atoms with Gasteiger partial charge >= 0.3 is 0 Å². The summed E-state index contributed by atoms with van der Waals surface area (Å²) in [5.74, 6) is -0.278. The van der Waals surface area contributed by atoms with Crippen molar-refractivity contribution in [2.24, 2.45) is 4.40 Å². The van der Waals surface area contributed by atoms with Crippen LogP contribution in [-0.2, 0) is 10.0 Å². The minimum atomic E-state index is -3.97. The Bertz CT molecular complexity index is 1050. The first-order valence-electron chi connectivity index (χ1n) is 7.81. The summed E-state index contributed by atoms with van der Waals surface area (Å²) in [4.78, 5) is 0.0144. The van der Waals surface area contributed by atoms with Crippen molar-refractivity contribution >= 4 is 33.1 Å². The molecule has 1 aliphatic rings. The van der Waals surface area contributed by atoms with Gasteiger partial charge in [0.05, 0.1) is 10.6 Å². The van der Waals surface area contributed by atoms with Crippen LogP contribution in [0.25, 0.3) is 5.76 Å². The first-order chi connectivity index (χ1) is 12.4. The molecule has 0 radical (unpaired) electrons. The van der Waals surface area contributed by atoms with Gasteiger partial charge in [0.2, 0.25) is 0 Å². The van der Waals surface area contributed by atoms with Gasteiger partial charge in [0.15, 0.2) is 0 Å². The van der Waals surface area contributed by atoms with Gasteiger partial charge in [-0.3, -0.25) is 0 Å². The molecule has 0 spiro atoms. The van der Waals surface area contributed by atoms with Gasteiger partial charge in [0, 0.05) is 5.02 Å². The Morgan fingerprint density at radius 2 is 1.65 bits per heavy atom. The minimum absolute atomic E-state index is 0.0144. The molecule has 132 valence electrons. The number of allylic oxidation sites excluding steroid dienone is 5. The Morgan fingerprint density at radius 1 is 1.00 bits per heavy atom. The van der Waals surface area contributed by atoms with Gasteiger partial charge in [0.25, 0.3) is 10.0 Å². The van der Waals surface area contributed by atoms with Crippen LogP contribution in [0.3, 0.4) is 0 Å². The van der Waals surface area contributed by atoms with E-state index in [9.17, 15) is 13.5 Å². The lowest BCUT2D eigenvalue weighted by Crippen LogP contribution is -2.14. The number of halogens is 1. The standard InChI is InChI=1S/C20H16ClNO3S/c1-14-7-12-19(18(13-14)20(23)15-5-3-2-4-6-15)22-26(24,25)17-10-8-16(21)9-11-17/h2-13,23H,1H3/p-1. The molecule has 26 heavy (non-hydrogen) atoms. The zero-order chi connectivity index (χ0) is 18.7. The van der Waals surface area contributed by atoms with E-state index < -0.39 is 10.0 Å². The van der Waals surface area contributed by atoms with E-state index in [2.05, 4.69) is 4.40 Å². The summed E-state index contributed by atoms with van der Waals surface area (Å²) in [6, 6.07) is 14.4. The largest absolute Gasteiger partial charge is 0.872 e. The van der Waals surface area contributed by atoms with Crippen molar-refractivity contribution in [2.75, 3.05) is 0 Å². The molecule has 4 nitrogen and oxygen atoms in total. The van der Waals surface area contributed by atoms with E-state index in [0.29, 0.717) is 10.6 Å². The molecule has 0 aliphatic heterocycles. The summed E-state index contributed by atoms with van der Waals surface area (Å²) in [5, 5.41) is 13.2. The molecule has 6 heteroatoms. The fourth-order valence-electron chi connectivity index (χ4n) is 2.45. The fourth-order valence-corrected chi connectivity index (χ4v) is 3.57. The molecule has 0 amide bonds. The van der Waals surface area contributed by atoms with Crippen LogP contribution in [0, 0.1) is 0 Å². The van der Waals surface area contributed by atoms with Crippen molar-refractivity contribution in [1.82, 2.24) is 0 Å². The number of nitrogens with zero attached hydrogens (tertiary/aromatic N) is 1. The van der Waals surface area contributed by atoms with Crippen LogP contribution >= 0.6 is 11.6 Å². The molecule has 3 rings (SSSR count). The minimum Gasteiger partial charge on any atom is -0.872 e. The first-order valence-corrected chi connectivity index (χ1v) is 9.62. The van der Waals surface area contributed by atoms with Crippen molar-refractivity contribution in [3.05, 3.63) is 94.6 Å². The normalized spacial score (nSPS) is 17.9. The first kappa shape index (κ1) is 18.2. The summed E-state index contributed by atoms with van der Waals surface area (Å²) in [6.07, 6.45) is 4.91. The number of rotatable bonds is 3. The zero-order valence-corrected chi connectivity index (χ0v) is 15.5. The van der Waals surface area contributed by atoms with Gasteiger partial charge in [0.1, 0.15) is 0 Å². The van der Waals surface area contributed by atoms with Crippen molar-refractivity contribution in [1.29, 1.82) is 0 Å². The number of hydrogen-bond donors (Lipinski definition) is 0. The molecular weight excluding hydrogens is 370 g/mol. The van der Waals surface area contributed by atoms with E-state index in [0.717, 1.165) is 5.57 Å². The summed E-state index contributed by atoms with van der Waals surface area (Å²) in [5.41, 5.74) is 1.67.